The molecule has 0 aromatic heterocycles. The Morgan fingerprint density at radius 1 is 1.31 bits per heavy atom. The number of benzene rings is 1. The van der Waals surface area contributed by atoms with E-state index in [9.17, 15) is 0 Å². The van der Waals surface area contributed by atoms with Gasteiger partial charge in [-0.2, -0.15) is 0 Å². The first-order valence-electron chi connectivity index (χ1n) is 4.42. The predicted molar refractivity (Wildman–Crippen MR) is 53.0 cm³/mol. The van der Waals surface area contributed by atoms with Crippen molar-refractivity contribution in [3.05, 3.63) is 35.9 Å². The minimum absolute atomic E-state index is 0.166. The van der Waals surface area contributed by atoms with Gasteiger partial charge < -0.3 is 5.11 Å². The van der Waals surface area contributed by atoms with Crippen molar-refractivity contribution in [1.29, 1.82) is 0 Å². The van der Waals surface area contributed by atoms with Crippen LogP contribution >= 0.6 is 0 Å². The Morgan fingerprint density at radius 3 is 2.62 bits per heavy atom. The second kappa shape index (κ2) is 5.70. The monoisotopic (exact) mass is 180 g/mol. The molecular weight excluding hydrogens is 164 g/mol. The van der Waals surface area contributed by atoms with Gasteiger partial charge in [-0.3, -0.25) is 5.43 Å². The third-order valence-corrected chi connectivity index (χ3v) is 1.76. The Hall–Kier alpha value is -0.900. The number of rotatable bonds is 5. The molecule has 72 valence electrons. The van der Waals surface area contributed by atoms with E-state index in [-0.39, 0.29) is 6.61 Å². The number of nitrogens with one attached hydrogen (secondary N) is 1. The maximum atomic E-state index is 8.59. The van der Waals surface area contributed by atoms with E-state index in [4.69, 9.17) is 5.11 Å². The third-order valence-electron chi connectivity index (χ3n) is 1.76. The predicted octanol–water partition coefficient (Wildman–Crippen LogP) is 0.615. The quantitative estimate of drug-likeness (QED) is 0.652. The normalized spacial score (nSPS) is 10.7. The number of hydrogen-bond acceptors (Lipinski definition) is 3. The molecule has 0 atom stereocenters. The van der Waals surface area contributed by atoms with E-state index in [1.54, 1.807) is 0 Å². The van der Waals surface area contributed by atoms with Gasteiger partial charge in [-0.25, -0.2) is 5.01 Å². The molecule has 0 bridgehead atoms. The summed E-state index contributed by atoms with van der Waals surface area (Å²) >= 11 is 0. The average Bonchev–Trinajstić information content (AvgIpc) is 2.16. The van der Waals surface area contributed by atoms with E-state index < -0.39 is 0 Å². The van der Waals surface area contributed by atoms with E-state index in [0.717, 1.165) is 6.54 Å². The topological polar surface area (TPSA) is 35.5 Å². The molecule has 0 aliphatic rings. The first-order valence-corrected chi connectivity index (χ1v) is 4.42. The number of aliphatic hydroxyl groups is 1. The zero-order valence-corrected chi connectivity index (χ0v) is 7.90. The highest BCUT2D eigenvalue weighted by atomic mass is 16.3. The van der Waals surface area contributed by atoms with Gasteiger partial charge in [0.1, 0.15) is 0 Å². The van der Waals surface area contributed by atoms with Crippen molar-refractivity contribution in [2.24, 2.45) is 0 Å². The molecule has 0 radical (unpaired) electrons. The van der Waals surface area contributed by atoms with Crippen LogP contribution in [0.5, 0.6) is 0 Å². The second-order valence-corrected chi connectivity index (χ2v) is 2.97. The summed E-state index contributed by atoms with van der Waals surface area (Å²) in [5.41, 5.74) is 4.32. The van der Waals surface area contributed by atoms with Gasteiger partial charge in [0.25, 0.3) is 0 Å². The highest BCUT2D eigenvalue weighted by molar-refractivity contribution is 5.14. The molecule has 0 fully saturated rings. The summed E-state index contributed by atoms with van der Waals surface area (Å²) < 4.78 is 0. The molecule has 1 rings (SSSR count). The van der Waals surface area contributed by atoms with Gasteiger partial charge in [0.15, 0.2) is 0 Å². The van der Waals surface area contributed by atoms with Crippen LogP contribution in [-0.2, 0) is 6.54 Å². The number of hydrogen-bond donors (Lipinski definition) is 2. The Morgan fingerprint density at radius 2 is 2.00 bits per heavy atom. The molecule has 0 saturated heterocycles. The minimum Gasteiger partial charge on any atom is -0.395 e. The smallest absolute Gasteiger partial charge is 0.0570 e. The zero-order chi connectivity index (χ0) is 9.52. The lowest BCUT2D eigenvalue weighted by atomic mass is 10.2. The summed E-state index contributed by atoms with van der Waals surface area (Å²) in [6, 6.07) is 10.2. The minimum atomic E-state index is 0.166. The van der Waals surface area contributed by atoms with Crippen LogP contribution in [0.1, 0.15) is 5.56 Å². The zero-order valence-electron chi connectivity index (χ0n) is 7.90. The summed E-state index contributed by atoms with van der Waals surface area (Å²) in [6.45, 7) is 1.61. The molecule has 0 saturated carbocycles. The first-order chi connectivity index (χ1) is 6.33. The highest BCUT2D eigenvalue weighted by Crippen LogP contribution is 1.99. The average molecular weight is 180 g/mol. The Balaban J connectivity index is 2.32. The summed E-state index contributed by atoms with van der Waals surface area (Å²) in [4.78, 5) is 0. The van der Waals surface area contributed by atoms with E-state index >= 15 is 0 Å². The van der Waals surface area contributed by atoms with Crippen LogP contribution in [0.25, 0.3) is 0 Å². The van der Waals surface area contributed by atoms with Crippen molar-refractivity contribution in [2.45, 2.75) is 6.54 Å². The van der Waals surface area contributed by atoms with Crippen molar-refractivity contribution in [3.8, 4) is 0 Å². The van der Waals surface area contributed by atoms with Gasteiger partial charge in [-0.15, -0.1) is 0 Å². The van der Waals surface area contributed by atoms with Crippen molar-refractivity contribution in [1.82, 2.24) is 10.4 Å². The molecule has 0 amide bonds. The summed E-state index contributed by atoms with van der Waals surface area (Å²) in [5.74, 6) is 0. The lowest BCUT2D eigenvalue weighted by molar-refractivity contribution is 0.190. The molecule has 1 aromatic rings. The summed E-state index contributed by atoms with van der Waals surface area (Å²) in [6.07, 6.45) is 0. The van der Waals surface area contributed by atoms with Crippen molar-refractivity contribution >= 4 is 0 Å². The van der Waals surface area contributed by atoms with E-state index in [1.807, 2.05) is 30.3 Å². The molecule has 3 heteroatoms. The van der Waals surface area contributed by atoms with Gasteiger partial charge in [0, 0.05) is 20.1 Å². The largest absolute Gasteiger partial charge is 0.395 e. The molecule has 0 spiro atoms. The fourth-order valence-corrected chi connectivity index (χ4v) is 1.15. The number of hydrazine groups is 1. The Labute approximate surface area is 79.0 Å². The van der Waals surface area contributed by atoms with Crippen molar-refractivity contribution < 1.29 is 5.11 Å². The lowest BCUT2D eigenvalue weighted by Crippen LogP contribution is -2.35. The van der Waals surface area contributed by atoms with Crippen molar-refractivity contribution in [2.75, 3.05) is 20.2 Å². The van der Waals surface area contributed by atoms with Crippen molar-refractivity contribution in [3.63, 3.8) is 0 Å². The molecule has 0 aliphatic heterocycles. The van der Waals surface area contributed by atoms with E-state index in [0.29, 0.717) is 6.54 Å². The van der Waals surface area contributed by atoms with Gasteiger partial charge in [-0.1, -0.05) is 30.3 Å². The standard InChI is InChI=1S/C10H16N2O/c1-12(11-7-8-13)9-10-5-3-2-4-6-10/h2-6,11,13H,7-9H2,1H3. The van der Waals surface area contributed by atoms with Crippen LogP contribution in [0.4, 0.5) is 0 Å². The van der Waals surface area contributed by atoms with E-state index in [1.165, 1.54) is 5.56 Å². The second-order valence-electron chi connectivity index (χ2n) is 2.97. The highest BCUT2D eigenvalue weighted by Gasteiger charge is 1.96. The van der Waals surface area contributed by atoms with Crippen LogP contribution < -0.4 is 5.43 Å². The molecule has 3 nitrogen and oxygen atoms in total. The molecule has 0 heterocycles. The fourth-order valence-electron chi connectivity index (χ4n) is 1.15. The summed E-state index contributed by atoms with van der Waals surface area (Å²) in [5, 5.41) is 10.6. The molecule has 0 unspecified atom stereocenters. The lowest BCUT2D eigenvalue weighted by Gasteiger charge is -2.17. The fraction of sp³-hybridized carbons (Fsp3) is 0.400. The first kappa shape index (κ1) is 10.2. The maximum absolute atomic E-state index is 8.59. The molecule has 0 aliphatic carbocycles. The maximum Gasteiger partial charge on any atom is 0.0570 e. The van der Waals surface area contributed by atoms with Crippen LogP contribution in [0.15, 0.2) is 30.3 Å². The number of nitrogens with zero attached hydrogens (tertiary/aromatic N) is 1. The third kappa shape index (κ3) is 4.03. The van der Waals surface area contributed by atoms with Crippen LogP contribution in [0.3, 0.4) is 0 Å². The molecule has 2 N–H and O–H groups in total. The van der Waals surface area contributed by atoms with Crippen LogP contribution in [0, 0.1) is 0 Å². The van der Waals surface area contributed by atoms with Gasteiger partial charge in [0.2, 0.25) is 0 Å². The summed E-state index contributed by atoms with van der Waals surface area (Å²) in [7, 11) is 1.96. The molecule has 13 heavy (non-hydrogen) atoms. The van der Waals surface area contributed by atoms with E-state index in [2.05, 4.69) is 17.6 Å². The molecular formula is C10H16N2O. The number of aliphatic hydroxyl groups excluding tert-OH is 1. The van der Waals surface area contributed by atoms with Crippen LogP contribution in [0.2, 0.25) is 0 Å². The van der Waals surface area contributed by atoms with Crippen LogP contribution in [-0.4, -0.2) is 30.3 Å². The van der Waals surface area contributed by atoms with Gasteiger partial charge >= 0.3 is 0 Å². The van der Waals surface area contributed by atoms with Gasteiger partial charge in [0.05, 0.1) is 6.61 Å². The Kier molecular flexibility index (Phi) is 4.46. The Bertz CT molecular complexity index is 226. The molecule has 1 aromatic carbocycles. The SMILES string of the molecule is CN(Cc1ccccc1)NCCO. The van der Waals surface area contributed by atoms with Gasteiger partial charge in [-0.05, 0) is 5.56 Å².